The molecule has 0 unspecified atom stereocenters. The van der Waals surface area contributed by atoms with Gasteiger partial charge in [-0.05, 0) is 5.53 Å². The summed E-state index contributed by atoms with van der Waals surface area (Å²) in [5.41, 5.74) is 6.17. The number of rotatable bonds is 2. The number of carbonyl (C=O) groups excluding carboxylic acids is 1. The smallest absolute Gasteiger partial charge is 0.324 e. The zero-order valence-electron chi connectivity index (χ0n) is 4.38. The Morgan fingerprint density at radius 1 is 2.00 bits per heavy atom. The fourth-order valence-corrected chi connectivity index (χ4v) is 0.150. The molecule has 0 rings (SSSR count). The number of hydrogen-bond donors (Lipinski definition) is 1. The number of hydroxylamine groups is 1. The summed E-state index contributed by atoms with van der Waals surface area (Å²) in [6.07, 6.45) is 0. The molecular formula is C3H6N2O3. The summed E-state index contributed by atoms with van der Waals surface area (Å²) < 4.78 is 4.09. The molecule has 0 atom stereocenters. The molecule has 5 nitrogen and oxygen atoms in total. The van der Waals surface area contributed by atoms with Crippen LogP contribution in [0, 0.1) is 10.7 Å². The summed E-state index contributed by atoms with van der Waals surface area (Å²) in [7, 11) is 0. The molecule has 0 spiro atoms. The minimum atomic E-state index is -0.557. The Hall–Kier alpha value is -1.13. The second-order valence-electron chi connectivity index (χ2n) is 1.14. The Bertz CT molecular complexity index is 97.1. The highest BCUT2D eigenvalue weighted by Crippen LogP contribution is 1.74. The SMILES string of the molecule is CC(=O)OC[N+](=N)[O-]. The van der Waals surface area contributed by atoms with E-state index < -0.39 is 12.7 Å². The van der Waals surface area contributed by atoms with Gasteiger partial charge in [-0.15, -0.1) is 0 Å². The van der Waals surface area contributed by atoms with E-state index in [1.807, 2.05) is 0 Å². The Labute approximate surface area is 45.9 Å². The minimum absolute atomic E-state index is 0.221. The Morgan fingerprint density at radius 3 is 2.62 bits per heavy atom. The summed E-state index contributed by atoms with van der Waals surface area (Å²) in [4.78, 5) is 9.66. The van der Waals surface area contributed by atoms with Gasteiger partial charge in [0.15, 0.2) is 0 Å². The van der Waals surface area contributed by atoms with Crippen LogP contribution in [0.1, 0.15) is 6.92 Å². The molecule has 46 valence electrons. The highest BCUT2D eigenvalue weighted by molar-refractivity contribution is 5.65. The van der Waals surface area contributed by atoms with E-state index in [1.54, 1.807) is 0 Å². The van der Waals surface area contributed by atoms with Gasteiger partial charge in [-0.1, -0.05) is 4.86 Å². The molecule has 0 amide bonds. The van der Waals surface area contributed by atoms with E-state index in [2.05, 4.69) is 4.74 Å². The van der Waals surface area contributed by atoms with Crippen LogP contribution in [0.2, 0.25) is 0 Å². The molecule has 0 aliphatic carbocycles. The van der Waals surface area contributed by atoms with E-state index in [4.69, 9.17) is 5.53 Å². The van der Waals surface area contributed by atoms with E-state index in [-0.39, 0.29) is 4.86 Å². The van der Waals surface area contributed by atoms with Gasteiger partial charge in [0.05, 0.1) is 0 Å². The summed E-state index contributed by atoms with van der Waals surface area (Å²) in [5.74, 6) is -0.557. The number of nitrogens with zero attached hydrogens (tertiary/aromatic N) is 1. The van der Waals surface area contributed by atoms with E-state index in [1.165, 1.54) is 6.92 Å². The average molecular weight is 118 g/mol. The van der Waals surface area contributed by atoms with Gasteiger partial charge in [-0.25, -0.2) is 0 Å². The summed E-state index contributed by atoms with van der Waals surface area (Å²) in [6.45, 7) is 0.652. The highest BCUT2D eigenvalue weighted by Gasteiger charge is 1.93. The monoisotopic (exact) mass is 118 g/mol. The summed E-state index contributed by atoms with van der Waals surface area (Å²) in [6, 6.07) is 0. The maximum atomic E-state index is 9.88. The maximum Gasteiger partial charge on any atom is 0.324 e. The highest BCUT2D eigenvalue weighted by atomic mass is 16.6. The lowest BCUT2D eigenvalue weighted by Gasteiger charge is -1.95. The first-order valence-electron chi connectivity index (χ1n) is 1.92. The van der Waals surface area contributed by atoms with Crippen LogP contribution in [0.3, 0.4) is 0 Å². The van der Waals surface area contributed by atoms with Crippen molar-refractivity contribution in [2.45, 2.75) is 6.92 Å². The van der Waals surface area contributed by atoms with Crippen LogP contribution in [0.5, 0.6) is 0 Å². The third-order valence-electron chi connectivity index (χ3n) is 0.385. The molecule has 0 saturated carbocycles. The number of nitrogens with one attached hydrogen (secondary N) is 1. The Morgan fingerprint density at radius 2 is 2.50 bits per heavy atom. The molecule has 0 radical (unpaired) electrons. The zero-order chi connectivity index (χ0) is 6.57. The zero-order valence-corrected chi connectivity index (χ0v) is 4.38. The van der Waals surface area contributed by atoms with Gasteiger partial charge in [0.1, 0.15) is 0 Å². The van der Waals surface area contributed by atoms with Gasteiger partial charge in [-0.3, -0.25) is 4.79 Å². The predicted octanol–water partition coefficient (Wildman–Crippen LogP) is 0.0483. The molecule has 5 heteroatoms. The number of ether oxygens (including phenoxy) is 1. The molecule has 0 fully saturated rings. The van der Waals surface area contributed by atoms with E-state index in [0.29, 0.717) is 0 Å². The fourth-order valence-electron chi connectivity index (χ4n) is 0.150. The van der Waals surface area contributed by atoms with E-state index in [9.17, 15) is 10.0 Å². The van der Waals surface area contributed by atoms with Crippen molar-refractivity contribution in [3.8, 4) is 0 Å². The standard InChI is InChI=1S/C3H6N2O3/c1-3(6)8-2-5(4)7/h4H,2H2,1H3. The number of esters is 1. The molecule has 0 aromatic carbocycles. The molecule has 8 heavy (non-hydrogen) atoms. The largest absolute Gasteiger partial charge is 0.597 e. The number of carbonyl (C=O) groups is 1. The van der Waals surface area contributed by atoms with Gasteiger partial charge in [-0.2, -0.15) is 0 Å². The van der Waals surface area contributed by atoms with Crippen molar-refractivity contribution >= 4 is 5.97 Å². The maximum absolute atomic E-state index is 9.88. The first-order chi connectivity index (χ1) is 3.63. The Balaban J connectivity index is 3.18. The van der Waals surface area contributed by atoms with Gasteiger partial charge in [0.2, 0.25) is 0 Å². The second kappa shape index (κ2) is 2.95. The average Bonchev–Trinajstić information content (AvgIpc) is 1.61. The second-order valence-corrected chi connectivity index (χ2v) is 1.14. The minimum Gasteiger partial charge on any atom is -0.597 e. The van der Waals surface area contributed by atoms with Gasteiger partial charge >= 0.3 is 12.7 Å². The van der Waals surface area contributed by atoms with Crippen LogP contribution in [0.25, 0.3) is 0 Å². The molecule has 0 aliphatic rings. The Kier molecular flexibility index (Phi) is 2.53. The van der Waals surface area contributed by atoms with Gasteiger partial charge in [0, 0.05) is 6.92 Å². The lowest BCUT2D eigenvalue weighted by Crippen LogP contribution is -2.08. The predicted molar refractivity (Wildman–Crippen MR) is 23.0 cm³/mol. The first kappa shape index (κ1) is 6.87. The molecule has 0 aromatic rings. The molecule has 0 heterocycles. The topological polar surface area (TPSA) is 76.2 Å². The molecule has 0 aliphatic heterocycles. The summed E-state index contributed by atoms with van der Waals surface area (Å²) in [5, 5.41) is 9.65. The van der Waals surface area contributed by atoms with Crippen molar-refractivity contribution in [3.05, 3.63) is 5.21 Å². The molecule has 0 saturated heterocycles. The van der Waals surface area contributed by atoms with Crippen molar-refractivity contribution in [3.63, 3.8) is 0 Å². The number of hydrogen-bond acceptors (Lipinski definition) is 4. The van der Waals surface area contributed by atoms with Crippen molar-refractivity contribution < 1.29 is 14.4 Å². The molecule has 1 N–H and O–H groups in total. The van der Waals surface area contributed by atoms with Crippen LogP contribution >= 0.6 is 0 Å². The van der Waals surface area contributed by atoms with E-state index in [0.717, 1.165) is 0 Å². The van der Waals surface area contributed by atoms with Gasteiger partial charge in [0.25, 0.3) is 0 Å². The lowest BCUT2D eigenvalue weighted by atomic mass is 10.8. The fraction of sp³-hybridized carbons (Fsp3) is 0.667. The van der Waals surface area contributed by atoms with Gasteiger partial charge < -0.3 is 9.94 Å². The molecule has 0 bridgehead atoms. The van der Waals surface area contributed by atoms with Crippen molar-refractivity contribution in [1.29, 1.82) is 5.53 Å². The van der Waals surface area contributed by atoms with E-state index >= 15 is 0 Å². The van der Waals surface area contributed by atoms with Crippen molar-refractivity contribution in [2.24, 2.45) is 0 Å². The quantitative estimate of drug-likeness (QED) is 0.183. The van der Waals surface area contributed by atoms with Crippen LogP contribution in [0.15, 0.2) is 0 Å². The van der Waals surface area contributed by atoms with Crippen LogP contribution in [0.4, 0.5) is 0 Å². The van der Waals surface area contributed by atoms with Crippen LogP contribution in [-0.4, -0.2) is 17.6 Å². The molecular weight excluding hydrogens is 112 g/mol. The van der Waals surface area contributed by atoms with Crippen molar-refractivity contribution in [2.75, 3.05) is 6.73 Å². The summed E-state index contributed by atoms with van der Waals surface area (Å²) >= 11 is 0. The van der Waals surface area contributed by atoms with Crippen LogP contribution in [-0.2, 0) is 9.53 Å². The van der Waals surface area contributed by atoms with Crippen LogP contribution < -0.4 is 0 Å². The third kappa shape index (κ3) is 4.87. The third-order valence-corrected chi connectivity index (χ3v) is 0.385. The van der Waals surface area contributed by atoms with Crippen molar-refractivity contribution in [1.82, 2.24) is 0 Å². The molecule has 0 aromatic heterocycles. The first-order valence-corrected chi connectivity index (χ1v) is 1.92. The normalized spacial score (nSPS) is 8.12. The lowest BCUT2D eigenvalue weighted by molar-refractivity contribution is -0.584.